The second-order valence-electron chi connectivity index (χ2n) is 4.45. The topological polar surface area (TPSA) is 195 Å². The fraction of sp³-hybridized carbons (Fsp3) is 0. The van der Waals surface area contributed by atoms with E-state index in [1.807, 2.05) is 0 Å². The van der Waals surface area contributed by atoms with Gasteiger partial charge in [0.15, 0.2) is 0 Å². The molecule has 0 atom stereocenters. The Morgan fingerprint density at radius 1 is 0.750 bits per heavy atom. The highest BCUT2D eigenvalue weighted by Gasteiger charge is 2.29. The van der Waals surface area contributed by atoms with Crippen LogP contribution in [-0.4, -0.2) is 35.8 Å². The molecule has 12 nitrogen and oxygen atoms in total. The van der Waals surface area contributed by atoms with Crippen molar-refractivity contribution in [3.8, 4) is 0 Å². The summed E-state index contributed by atoms with van der Waals surface area (Å²) in [4.78, 5) is 18.0. The predicted molar refractivity (Wildman–Crippen MR) is 76.9 cm³/mol. The van der Waals surface area contributed by atoms with E-state index >= 15 is 0 Å². The van der Waals surface area contributed by atoms with Gasteiger partial charge in [-0.25, -0.2) is 0 Å². The fourth-order valence-corrected chi connectivity index (χ4v) is 3.08. The van der Waals surface area contributed by atoms with Crippen molar-refractivity contribution in [2.75, 3.05) is 0 Å². The van der Waals surface area contributed by atoms with Gasteiger partial charge in [0, 0.05) is 12.1 Å². The molecule has 0 unspecified atom stereocenters. The number of fused-ring (bicyclic) bond motifs is 1. The lowest BCUT2D eigenvalue weighted by Crippen LogP contribution is -2.04. The highest BCUT2D eigenvalue weighted by Crippen LogP contribution is 2.37. The van der Waals surface area contributed by atoms with Crippen molar-refractivity contribution in [1.29, 1.82) is 0 Å². The minimum Gasteiger partial charge on any atom is -0.282 e. The molecule has 0 saturated heterocycles. The Morgan fingerprint density at radius 2 is 1.08 bits per heavy atom. The molecule has 0 fully saturated rings. The van der Waals surface area contributed by atoms with E-state index in [9.17, 15) is 37.1 Å². The van der Waals surface area contributed by atoms with Crippen LogP contribution in [0.2, 0.25) is 0 Å². The van der Waals surface area contributed by atoms with Crippen LogP contribution in [-0.2, 0) is 20.2 Å². The molecule has 24 heavy (non-hydrogen) atoms. The fourth-order valence-electron chi connectivity index (χ4n) is 2.00. The summed E-state index contributed by atoms with van der Waals surface area (Å²) in [5, 5.41) is 21.0. The van der Waals surface area contributed by atoms with Crippen molar-refractivity contribution in [3.63, 3.8) is 0 Å². The van der Waals surface area contributed by atoms with E-state index in [0.29, 0.717) is 24.3 Å². The first-order valence-corrected chi connectivity index (χ1v) is 8.56. The monoisotopic (exact) mass is 378 g/mol. The predicted octanol–water partition coefficient (Wildman–Crippen LogP) is 1.15. The summed E-state index contributed by atoms with van der Waals surface area (Å²) in [6.07, 6.45) is 0. The molecule has 0 amide bonds. The molecule has 0 bridgehead atoms. The highest BCUT2D eigenvalue weighted by atomic mass is 32.2. The van der Waals surface area contributed by atoms with Crippen molar-refractivity contribution in [1.82, 2.24) is 0 Å². The lowest BCUT2D eigenvalue weighted by molar-refractivity contribution is -0.390. The maximum absolute atomic E-state index is 11.2. The first-order valence-electron chi connectivity index (χ1n) is 5.68. The average molecular weight is 378 g/mol. The molecule has 0 aliphatic rings. The zero-order valence-corrected chi connectivity index (χ0v) is 12.8. The van der Waals surface area contributed by atoms with Crippen LogP contribution in [0.3, 0.4) is 0 Å². The van der Waals surface area contributed by atoms with Gasteiger partial charge in [-0.05, 0) is 17.5 Å². The van der Waals surface area contributed by atoms with Crippen LogP contribution in [0.5, 0.6) is 0 Å². The maximum Gasteiger partial charge on any atom is 0.294 e. The minimum absolute atomic E-state index is 0.401. The van der Waals surface area contributed by atoms with E-state index in [2.05, 4.69) is 0 Å². The molecular formula is C10H6N2O10S2. The number of hydrogen-bond donors (Lipinski definition) is 2. The largest absolute Gasteiger partial charge is 0.294 e. The van der Waals surface area contributed by atoms with E-state index in [1.165, 1.54) is 0 Å². The molecule has 0 spiro atoms. The third kappa shape index (κ3) is 3.16. The smallest absolute Gasteiger partial charge is 0.282 e. The molecule has 0 saturated carbocycles. The van der Waals surface area contributed by atoms with Crippen LogP contribution in [0.15, 0.2) is 34.1 Å². The van der Waals surface area contributed by atoms with Gasteiger partial charge >= 0.3 is 0 Å². The molecule has 2 aromatic rings. The van der Waals surface area contributed by atoms with E-state index in [-0.39, 0.29) is 0 Å². The number of nitro benzene ring substituents is 2. The standard InChI is InChI=1S/C10H6N2O10S2/c13-11(14)8-3-6(23(17,18)19)1-5-2-7(24(20,21)22)4-9(10(5)8)12(15)16/h1-4H,(H,17,18,19)(H,20,21,22). The molecule has 0 aliphatic carbocycles. The summed E-state index contributed by atoms with van der Waals surface area (Å²) >= 11 is 0. The third-order valence-corrected chi connectivity index (χ3v) is 4.61. The molecule has 0 aliphatic heterocycles. The molecule has 0 heterocycles. The first kappa shape index (κ1) is 17.7. The molecule has 0 radical (unpaired) electrons. The molecule has 2 N–H and O–H groups in total. The lowest BCUT2D eigenvalue weighted by atomic mass is 10.1. The second-order valence-corrected chi connectivity index (χ2v) is 7.29. The van der Waals surface area contributed by atoms with Crippen LogP contribution in [0.1, 0.15) is 0 Å². The van der Waals surface area contributed by atoms with Crippen molar-refractivity contribution < 1.29 is 35.8 Å². The maximum atomic E-state index is 11.2. The van der Waals surface area contributed by atoms with Gasteiger partial charge in [-0.2, -0.15) is 16.8 Å². The first-order chi connectivity index (χ1) is 10.8. The second kappa shape index (κ2) is 5.45. The molecule has 2 rings (SSSR count). The summed E-state index contributed by atoms with van der Waals surface area (Å²) in [6.45, 7) is 0. The van der Waals surface area contributed by atoms with Gasteiger partial charge in [0.05, 0.1) is 9.85 Å². The van der Waals surface area contributed by atoms with Gasteiger partial charge in [0.1, 0.15) is 15.2 Å². The Labute approximate surface area is 133 Å². The zero-order chi connectivity index (χ0) is 18.4. The highest BCUT2D eigenvalue weighted by molar-refractivity contribution is 7.86. The summed E-state index contributed by atoms with van der Waals surface area (Å²) < 4.78 is 62.8. The van der Waals surface area contributed by atoms with Gasteiger partial charge in [-0.15, -0.1) is 0 Å². The van der Waals surface area contributed by atoms with Crippen molar-refractivity contribution in [3.05, 3.63) is 44.5 Å². The number of rotatable bonds is 4. The van der Waals surface area contributed by atoms with E-state index in [1.54, 1.807) is 0 Å². The molecule has 14 heteroatoms. The summed E-state index contributed by atoms with van der Waals surface area (Å²) in [6, 6.07) is 2.02. The summed E-state index contributed by atoms with van der Waals surface area (Å²) in [7, 11) is -9.84. The SMILES string of the molecule is O=[N+]([O-])c1cc(S(=O)(=O)O)cc2cc(S(=O)(=O)O)cc([N+](=O)[O-])c12. The van der Waals surface area contributed by atoms with Crippen LogP contribution in [0.4, 0.5) is 11.4 Å². The quantitative estimate of drug-likeness (QED) is 0.442. The van der Waals surface area contributed by atoms with Gasteiger partial charge in [0.25, 0.3) is 31.6 Å². The molecule has 128 valence electrons. The third-order valence-electron chi connectivity index (χ3n) is 2.94. The van der Waals surface area contributed by atoms with Gasteiger partial charge < -0.3 is 0 Å². The normalized spacial score (nSPS) is 12.2. The molecule has 0 aromatic heterocycles. The number of benzene rings is 2. The Hall–Kier alpha value is -2.68. The van der Waals surface area contributed by atoms with Crippen molar-refractivity contribution in [2.24, 2.45) is 0 Å². The molecule has 2 aromatic carbocycles. The Balaban J connectivity index is 3.14. The summed E-state index contributed by atoms with van der Waals surface area (Å²) in [5.74, 6) is 0. The number of nitrogens with zero attached hydrogens (tertiary/aromatic N) is 2. The number of hydrogen-bond acceptors (Lipinski definition) is 8. The summed E-state index contributed by atoms with van der Waals surface area (Å²) in [5.41, 5.74) is -2.07. The van der Waals surface area contributed by atoms with Gasteiger partial charge in [-0.3, -0.25) is 29.3 Å². The van der Waals surface area contributed by atoms with Crippen molar-refractivity contribution in [2.45, 2.75) is 9.79 Å². The van der Waals surface area contributed by atoms with Crippen molar-refractivity contribution >= 4 is 42.4 Å². The van der Waals surface area contributed by atoms with Gasteiger partial charge in [-0.1, -0.05) is 0 Å². The van der Waals surface area contributed by atoms with E-state index < -0.39 is 62.0 Å². The Morgan fingerprint density at radius 3 is 1.33 bits per heavy atom. The zero-order valence-electron chi connectivity index (χ0n) is 11.2. The molecular weight excluding hydrogens is 372 g/mol. The number of non-ortho nitro benzene ring substituents is 2. The van der Waals surface area contributed by atoms with E-state index in [0.717, 1.165) is 0 Å². The van der Waals surface area contributed by atoms with E-state index in [4.69, 9.17) is 9.11 Å². The lowest BCUT2D eigenvalue weighted by Gasteiger charge is -2.06. The minimum atomic E-state index is -4.92. The average Bonchev–Trinajstić information content (AvgIpc) is 2.42. The van der Waals surface area contributed by atoms with Gasteiger partial charge in [0.2, 0.25) is 0 Å². The Kier molecular flexibility index (Phi) is 4.01. The number of nitro groups is 2. The van der Waals surface area contributed by atoms with Crippen LogP contribution < -0.4 is 0 Å². The Bertz CT molecular complexity index is 1020. The van der Waals surface area contributed by atoms with Crippen LogP contribution in [0.25, 0.3) is 10.8 Å². The van der Waals surface area contributed by atoms with Crippen LogP contribution in [0, 0.1) is 20.2 Å². The van der Waals surface area contributed by atoms with Crippen LogP contribution >= 0.6 is 0 Å².